The van der Waals surface area contributed by atoms with E-state index in [1.807, 2.05) is 0 Å². The Kier molecular flexibility index (Phi) is 7.74. The number of aliphatic hydroxyl groups excluding tert-OH is 2. The van der Waals surface area contributed by atoms with Crippen molar-refractivity contribution in [1.82, 2.24) is 0 Å². The monoisotopic (exact) mass is 331 g/mol. The molecule has 0 saturated heterocycles. The summed E-state index contributed by atoms with van der Waals surface area (Å²) in [7, 11) is 0. The van der Waals surface area contributed by atoms with Crippen molar-refractivity contribution in [3.8, 4) is 0 Å². The van der Waals surface area contributed by atoms with Gasteiger partial charge in [-0.15, -0.1) is 11.6 Å². The lowest BCUT2D eigenvalue weighted by atomic mass is 10.0. The molecule has 7 heteroatoms. The number of halogens is 1. The minimum absolute atomic E-state index is 0.0175. The second kappa shape index (κ2) is 9.04. The van der Waals surface area contributed by atoms with E-state index in [0.29, 0.717) is 23.4 Å². The molecule has 1 aromatic carbocycles. The van der Waals surface area contributed by atoms with Crippen LogP contribution in [0.3, 0.4) is 0 Å². The molecule has 0 saturated carbocycles. The molecular formula is C14H18ClNO4S. The number of alkyl halides is 1. The van der Waals surface area contributed by atoms with Gasteiger partial charge in [0, 0.05) is 18.4 Å². The molecule has 1 rings (SSSR count). The molecule has 0 fully saturated rings. The lowest BCUT2D eigenvalue weighted by Gasteiger charge is -2.18. The van der Waals surface area contributed by atoms with E-state index in [9.17, 15) is 19.8 Å². The Morgan fingerprint density at radius 3 is 2.43 bits per heavy atom. The van der Waals surface area contributed by atoms with E-state index >= 15 is 0 Å². The first-order valence-corrected chi connectivity index (χ1v) is 7.91. The number of hydrogen-bond acceptors (Lipinski definition) is 5. The third kappa shape index (κ3) is 6.48. The molecule has 3 N–H and O–H groups in total. The zero-order valence-corrected chi connectivity index (χ0v) is 13.2. The maximum Gasteiger partial charge on any atom is 0.239 e. The molecule has 2 unspecified atom stereocenters. The molecule has 5 nitrogen and oxygen atoms in total. The predicted molar refractivity (Wildman–Crippen MR) is 84.5 cm³/mol. The van der Waals surface area contributed by atoms with Crippen molar-refractivity contribution >= 4 is 40.1 Å². The number of amides is 1. The number of benzene rings is 1. The van der Waals surface area contributed by atoms with Crippen LogP contribution in [0.5, 0.6) is 0 Å². The molecule has 0 aromatic heterocycles. The van der Waals surface area contributed by atoms with Crippen LogP contribution in [0, 0.1) is 0 Å². The normalized spacial score (nSPS) is 13.5. The molecule has 0 bridgehead atoms. The van der Waals surface area contributed by atoms with Gasteiger partial charge in [-0.05, 0) is 24.1 Å². The molecular weight excluding hydrogens is 314 g/mol. The van der Waals surface area contributed by atoms with Crippen LogP contribution in [0.1, 0.15) is 25.0 Å². The Bertz CT molecular complexity index is 480. The Hall–Kier alpha value is -1.08. The highest BCUT2D eigenvalue weighted by atomic mass is 35.5. The summed E-state index contributed by atoms with van der Waals surface area (Å²) in [4.78, 5) is 21.9. The number of carbonyl (C=O) groups excluding carboxylic acids is 2. The van der Waals surface area contributed by atoms with Crippen LogP contribution < -0.4 is 5.32 Å². The lowest BCUT2D eigenvalue weighted by Crippen LogP contribution is -2.19. The van der Waals surface area contributed by atoms with Gasteiger partial charge in [0.25, 0.3) is 0 Å². The lowest BCUT2D eigenvalue weighted by molar-refractivity contribution is -0.114. The van der Waals surface area contributed by atoms with Crippen molar-refractivity contribution in [2.75, 3.05) is 16.9 Å². The number of thioether (sulfide) groups is 1. The first kappa shape index (κ1) is 18.0. The van der Waals surface area contributed by atoms with E-state index < -0.39 is 12.2 Å². The third-order valence-corrected chi connectivity index (χ3v) is 3.83. The molecule has 0 spiro atoms. The van der Waals surface area contributed by atoms with E-state index in [1.54, 1.807) is 24.3 Å². The molecule has 0 aliphatic rings. The van der Waals surface area contributed by atoms with Gasteiger partial charge in [0.1, 0.15) is 12.0 Å². The number of carbonyl (C=O) groups is 2. The van der Waals surface area contributed by atoms with Crippen LogP contribution in [-0.2, 0) is 9.59 Å². The second-order valence-electron chi connectivity index (χ2n) is 4.44. The first-order chi connectivity index (χ1) is 9.93. The van der Waals surface area contributed by atoms with Gasteiger partial charge >= 0.3 is 0 Å². The maximum atomic E-state index is 11.1. The highest BCUT2D eigenvalue weighted by molar-refractivity contribution is 8.13. The van der Waals surface area contributed by atoms with Crippen LogP contribution in [-0.4, -0.2) is 39.0 Å². The van der Waals surface area contributed by atoms with Gasteiger partial charge in [0.15, 0.2) is 5.12 Å². The van der Waals surface area contributed by atoms with Gasteiger partial charge in [0.05, 0.1) is 6.10 Å². The smallest absolute Gasteiger partial charge is 0.239 e. The van der Waals surface area contributed by atoms with Gasteiger partial charge < -0.3 is 15.5 Å². The SMILES string of the molecule is CC(=O)SCCC(O)C(O)c1ccc(NC(=O)CCl)cc1. The van der Waals surface area contributed by atoms with Crippen molar-refractivity contribution in [3.63, 3.8) is 0 Å². The Labute approximate surface area is 132 Å². The van der Waals surface area contributed by atoms with E-state index in [0.717, 1.165) is 11.8 Å². The number of nitrogens with one attached hydrogen (secondary N) is 1. The largest absolute Gasteiger partial charge is 0.390 e. The van der Waals surface area contributed by atoms with E-state index in [1.165, 1.54) is 6.92 Å². The summed E-state index contributed by atoms with van der Waals surface area (Å²) in [6.45, 7) is 1.46. The molecule has 0 aliphatic heterocycles. The Balaban J connectivity index is 2.55. The zero-order chi connectivity index (χ0) is 15.8. The van der Waals surface area contributed by atoms with E-state index in [4.69, 9.17) is 11.6 Å². The number of anilines is 1. The van der Waals surface area contributed by atoms with Gasteiger partial charge in [-0.25, -0.2) is 0 Å². The van der Waals surface area contributed by atoms with Crippen molar-refractivity contribution in [3.05, 3.63) is 29.8 Å². The fraction of sp³-hybridized carbons (Fsp3) is 0.429. The summed E-state index contributed by atoms with van der Waals surface area (Å²) in [5.74, 6) is 0.0141. The minimum atomic E-state index is -1.03. The van der Waals surface area contributed by atoms with Crippen molar-refractivity contribution in [2.24, 2.45) is 0 Å². The maximum absolute atomic E-state index is 11.1. The minimum Gasteiger partial charge on any atom is -0.390 e. The topological polar surface area (TPSA) is 86.6 Å². The van der Waals surface area contributed by atoms with Gasteiger partial charge in [-0.3, -0.25) is 9.59 Å². The van der Waals surface area contributed by atoms with Crippen molar-refractivity contribution in [1.29, 1.82) is 0 Å². The summed E-state index contributed by atoms with van der Waals surface area (Å²) in [5.41, 5.74) is 1.11. The molecule has 0 radical (unpaired) electrons. The average Bonchev–Trinajstić information content (AvgIpc) is 2.46. The van der Waals surface area contributed by atoms with Crippen LogP contribution in [0.4, 0.5) is 5.69 Å². The summed E-state index contributed by atoms with van der Waals surface area (Å²) in [6, 6.07) is 6.49. The summed E-state index contributed by atoms with van der Waals surface area (Å²) < 4.78 is 0. The summed E-state index contributed by atoms with van der Waals surface area (Å²) in [5, 5.41) is 22.5. The third-order valence-electron chi connectivity index (χ3n) is 2.74. The molecule has 1 aromatic rings. The molecule has 0 heterocycles. The van der Waals surface area contributed by atoms with Gasteiger partial charge in [-0.2, -0.15) is 0 Å². The fourth-order valence-electron chi connectivity index (χ4n) is 1.66. The quantitative estimate of drug-likeness (QED) is 0.665. The van der Waals surface area contributed by atoms with Gasteiger partial charge in [0.2, 0.25) is 5.91 Å². The first-order valence-electron chi connectivity index (χ1n) is 6.39. The highest BCUT2D eigenvalue weighted by Crippen LogP contribution is 2.22. The van der Waals surface area contributed by atoms with Crippen LogP contribution in [0.2, 0.25) is 0 Å². The van der Waals surface area contributed by atoms with E-state index in [2.05, 4.69) is 5.32 Å². The van der Waals surface area contributed by atoms with Gasteiger partial charge in [-0.1, -0.05) is 23.9 Å². The number of hydrogen-bond donors (Lipinski definition) is 3. The van der Waals surface area contributed by atoms with Crippen LogP contribution >= 0.6 is 23.4 Å². The zero-order valence-electron chi connectivity index (χ0n) is 11.6. The molecule has 0 aliphatic carbocycles. The summed E-state index contributed by atoms with van der Waals surface area (Å²) >= 11 is 6.50. The van der Waals surface area contributed by atoms with Crippen molar-refractivity contribution < 1.29 is 19.8 Å². The van der Waals surface area contributed by atoms with Crippen molar-refractivity contribution in [2.45, 2.75) is 25.6 Å². The average molecular weight is 332 g/mol. The Morgan fingerprint density at radius 2 is 1.90 bits per heavy atom. The highest BCUT2D eigenvalue weighted by Gasteiger charge is 2.18. The second-order valence-corrected chi connectivity index (χ2v) is 5.98. The number of rotatable bonds is 7. The molecule has 21 heavy (non-hydrogen) atoms. The number of aliphatic hydroxyl groups is 2. The predicted octanol–water partition coefficient (Wildman–Crippen LogP) is 1.93. The standard InChI is InChI=1S/C14H18ClNO4S/c1-9(17)21-7-6-12(18)14(20)10-2-4-11(5-3-10)16-13(19)8-15/h2-5,12,14,18,20H,6-8H2,1H3,(H,16,19). The Morgan fingerprint density at radius 1 is 1.29 bits per heavy atom. The van der Waals surface area contributed by atoms with Crippen LogP contribution in [0.15, 0.2) is 24.3 Å². The summed E-state index contributed by atoms with van der Waals surface area (Å²) in [6.07, 6.45) is -1.66. The van der Waals surface area contributed by atoms with E-state index in [-0.39, 0.29) is 16.9 Å². The molecule has 1 amide bonds. The fourth-order valence-corrected chi connectivity index (χ4v) is 2.38. The molecule has 116 valence electrons. The molecule has 2 atom stereocenters. The van der Waals surface area contributed by atoms with Crippen LogP contribution in [0.25, 0.3) is 0 Å².